The first-order valence-corrected chi connectivity index (χ1v) is 3.89. The normalized spacial score (nSPS) is 29.8. The number of hydrogen-bond acceptors (Lipinski definition) is 2. The maximum absolute atomic E-state index is 5.44. The summed E-state index contributed by atoms with van der Waals surface area (Å²) in [6.45, 7) is 4.68. The molecule has 11 heavy (non-hydrogen) atoms. The van der Waals surface area contributed by atoms with Crippen LogP contribution in [0.3, 0.4) is 0 Å². The smallest absolute Gasteiger partial charge is 0.0966 e. The highest BCUT2D eigenvalue weighted by Gasteiger charge is 2.21. The third-order valence-corrected chi connectivity index (χ3v) is 2.09. The minimum absolute atomic E-state index is 0.117. The van der Waals surface area contributed by atoms with Crippen LogP contribution in [0.4, 0.5) is 0 Å². The quantitative estimate of drug-likeness (QED) is 0.616. The molecule has 0 aromatic carbocycles. The molecule has 0 amide bonds. The molecule has 0 heterocycles. The van der Waals surface area contributed by atoms with Crippen molar-refractivity contribution in [1.82, 2.24) is 0 Å². The van der Waals surface area contributed by atoms with Crippen molar-refractivity contribution in [3.63, 3.8) is 0 Å². The van der Waals surface area contributed by atoms with Gasteiger partial charge in [0.15, 0.2) is 0 Å². The van der Waals surface area contributed by atoms with E-state index in [2.05, 4.69) is 12.7 Å². The molecule has 0 spiro atoms. The summed E-state index contributed by atoms with van der Waals surface area (Å²) in [5.41, 5.74) is 6.58. The molecule has 0 radical (unpaired) electrons. The predicted molar refractivity (Wildman–Crippen MR) is 46.2 cm³/mol. The average molecular weight is 153 g/mol. The van der Waals surface area contributed by atoms with Gasteiger partial charge in [-0.25, -0.2) is 0 Å². The van der Waals surface area contributed by atoms with Crippen LogP contribution in [0, 0.1) is 5.92 Å². The van der Waals surface area contributed by atoms with Crippen molar-refractivity contribution in [2.45, 2.75) is 12.5 Å². The maximum atomic E-state index is 5.44. The van der Waals surface area contributed by atoms with Gasteiger partial charge in [0.25, 0.3) is 0 Å². The summed E-state index contributed by atoms with van der Waals surface area (Å²) in [6, 6.07) is 0. The van der Waals surface area contributed by atoms with Crippen LogP contribution in [0.25, 0.3) is 0 Å². The van der Waals surface area contributed by atoms with Crippen LogP contribution in [0.2, 0.25) is 0 Å². The Balaban J connectivity index is 2.49. The van der Waals surface area contributed by atoms with E-state index in [-0.39, 0.29) is 6.10 Å². The van der Waals surface area contributed by atoms with Gasteiger partial charge in [0, 0.05) is 13.0 Å². The van der Waals surface area contributed by atoms with Crippen LogP contribution in [-0.2, 0) is 4.74 Å². The molecule has 0 saturated heterocycles. The lowest BCUT2D eigenvalue weighted by Crippen LogP contribution is -2.12. The van der Waals surface area contributed by atoms with Gasteiger partial charge < -0.3 is 10.5 Å². The molecule has 2 N–H and O–H groups in total. The lowest BCUT2D eigenvalue weighted by Gasteiger charge is -2.13. The monoisotopic (exact) mass is 153 g/mol. The van der Waals surface area contributed by atoms with Gasteiger partial charge in [0.05, 0.1) is 6.10 Å². The number of ether oxygens (including phenoxy) is 1. The first-order valence-electron chi connectivity index (χ1n) is 3.89. The van der Waals surface area contributed by atoms with Crippen molar-refractivity contribution in [3.8, 4) is 0 Å². The summed E-state index contributed by atoms with van der Waals surface area (Å²) < 4.78 is 5.17. The van der Waals surface area contributed by atoms with Crippen LogP contribution in [0.5, 0.6) is 0 Å². The molecular formula is C9H15NO. The SMILES string of the molecule is C=C1C(OC)C=C[C@@H]1CCN. The molecule has 1 unspecified atom stereocenters. The summed E-state index contributed by atoms with van der Waals surface area (Å²) in [5, 5.41) is 0. The Kier molecular flexibility index (Phi) is 2.85. The van der Waals surface area contributed by atoms with Gasteiger partial charge in [-0.15, -0.1) is 0 Å². The van der Waals surface area contributed by atoms with Gasteiger partial charge in [-0.2, -0.15) is 0 Å². The van der Waals surface area contributed by atoms with E-state index in [0.29, 0.717) is 12.5 Å². The Morgan fingerprint density at radius 1 is 1.64 bits per heavy atom. The fraction of sp³-hybridized carbons (Fsp3) is 0.556. The largest absolute Gasteiger partial charge is 0.373 e. The maximum Gasteiger partial charge on any atom is 0.0966 e. The number of rotatable bonds is 3. The first kappa shape index (κ1) is 8.50. The highest BCUT2D eigenvalue weighted by atomic mass is 16.5. The minimum atomic E-state index is 0.117. The third-order valence-electron chi connectivity index (χ3n) is 2.09. The van der Waals surface area contributed by atoms with Crippen LogP contribution in [0.15, 0.2) is 24.3 Å². The Morgan fingerprint density at radius 2 is 2.36 bits per heavy atom. The second-order valence-corrected chi connectivity index (χ2v) is 2.80. The molecule has 0 bridgehead atoms. The number of methoxy groups -OCH3 is 1. The molecule has 1 rings (SSSR count). The third kappa shape index (κ3) is 1.70. The van der Waals surface area contributed by atoms with E-state index in [9.17, 15) is 0 Å². The van der Waals surface area contributed by atoms with Crippen molar-refractivity contribution in [2.75, 3.05) is 13.7 Å². The Labute approximate surface area is 67.7 Å². The number of allylic oxidation sites excluding steroid dienone is 1. The van der Waals surface area contributed by atoms with Gasteiger partial charge in [0.1, 0.15) is 0 Å². The predicted octanol–water partition coefficient (Wildman–Crippen LogP) is 1.09. The highest BCUT2D eigenvalue weighted by molar-refractivity contribution is 5.27. The Morgan fingerprint density at radius 3 is 2.82 bits per heavy atom. The second kappa shape index (κ2) is 3.69. The van der Waals surface area contributed by atoms with E-state index in [4.69, 9.17) is 10.5 Å². The number of nitrogens with two attached hydrogens (primary N) is 1. The van der Waals surface area contributed by atoms with Gasteiger partial charge in [0.2, 0.25) is 0 Å². The fourth-order valence-corrected chi connectivity index (χ4v) is 1.38. The summed E-state index contributed by atoms with van der Waals surface area (Å²) in [6.07, 6.45) is 5.27. The van der Waals surface area contributed by atoms with Crippen molar-refractivity contribution >= 4 is 0 Å². The zero-order valence-electron chi connectivity index (χ0n) is 6.92. The lowest BCUT2D eigenvalue weighted by molar-refractivity contribution is 0.168. The van der Waals surface area contributed by atoms with E-state index in [1.54, 1.807) is 7.11 Å². The standard InChI is InChI=1S/C9H15NO/c1-7-8(5-6-10)3-4-9(7)11-2/h3-4,8-9H,1,5-6,10H2,2H3/t8-,9?/m1/s1. The number of hydrogen-bond donors (Lipinski definition) is 1. The highest BCUT2D eigenvalue weighted by Crippen LogP contribution is 2.27. The molecule has 2 nitrogen and oxygen atoms in total. The molecule has 2 heteroatoms. The summed E-state index contributed by atoms with van der Waals surface area (Å²) in [5.74, 6) is 0.435. The lowest BCUT2D eigenvalue weighted by atomic mass is 10.00. The van der Waals surface area contributed by atoms with Gasteiger partial charge in [-0.1, -0.05) is 18.7 Å². The Bertz CT molecular complexity index is 174. The van der Waals surface area contributed by atoms with Crippen LogP contribution in [0.1, 0.15) is 6.42 Å². The molecular weight excluding hydrogens is 138 g/mol. The molecule has 0 saturated carbocycles. The molecule has 1 aliphatic rings. The zero-order valence-corrected chi connectivity index (χ0v) is 6.92. The molecule has 0 aliphatic heterocycles. The van der Waals surface area contributed by atoms with E-state index in [0.717, 1.165) is 12.0 Å². The topological polar surface area (TPSA) is 35.2 Å². The van der Waals surface area contributed by atoms with Gasteiger partial charge in [-0.05, 0) is 18.5 Å². The van der Waals surface area contributed by atoms with E-state index in [1.807, 2.05) is 6.08 Å². The minimum Gasteiger partial charge on any atom is -0.373 e. The molecule has 0 aromatic rings. The van der Waals surface area contributed by atoms with Crippen molar-refractivity contribution in [3.05, 3.63) is 24.3 Å². The molecule has 2 atom stereocenters. The summed E-state index contributed by atoms with van der Waals surface area (Å²) in [7, 11) is 1.70. The van der Waals surface area contributed by atoms with Crippen LogP contribution < -0.4 is 5.73 Å². The van der Waals surface area contributed by atoms with Crippen LogP contribution in [-0.4, -0.2) is 19.8 Å². The second-order valence-electron chi connectivity index (χ2n) is 2.80. The van der Waals surface area contributed by atoms with Crippen molar-refractivity contribution < 1.29 is 4.74 Å². The van der Waals surface area contributed by atoms with E-state index in [1.165, 1.54) is 0 Å². The molecule has 0 aromatic heterocycles. The average Bonchev–Trinajstić information content (AvgIpc) is 2.34. The van der Waals surface area contributed by atoms with Crippen LogP contribution >= 0.6 is 0 Å². The van der Waals surface area contributed by atoms with Crippen molar-refractivity contribution in [2.24, 2.45) is 11.7 Å². The van der Waals surface area contributed by atoms with Gasteiger partial charge in [-0.3, -0.25) is 0 Å². The van der Waals surface area contributed by atoms with E-state index >= 15 is 0 Å². The van der Waals surface area contributed by atoms with Gasteiger partial charge >= 0.3 is 0 Å². The molecule has 0 fully saturated rings. The summed E-state index contributed by atoms with van der Waals surface area (Å²) >= 11 is 0. The first-order chi connectivity index (χ1) is 5.29. The molecule has 62 valence electrons. The Hall–Kier alpha value is -0.600. The van der Waals surface area contributed by atoms with E-state index < -0.39 is 0 Å². The molecule has 1 aliphatic carbocycles. The van der Waals surface area contributed by atoms with Crippen molar-refractivity contribution in [1.29, 1.82) is 0 Å². The zero-order chi connectivity index (χ0) is 8.27. The fourth-order valence-electron chi connectivity index (χ4n) is 1.38. The summed E-state index contributed by atoms with van der Waals surface area (Å²) in [4.78, 5) is 0.